The SMILES string of the molecule is CCOC(=O)CC(C)CCCCCCCCCCC(=O)O. The third kappa shape index (κ3) is 15.2. The number of carboxylic acids is 1. The van der Waals surface area contributed by atoms with Crippen molar-refractivity contribution in [1.29, 1.82) is 0 Å². The van der Waals surface area contributed by atoms with Crippen LogP contribution in [-0.4, -0.2) is 23.7 Å². The van der Waals surface area contributed by atoms with Crippen LogP contribution in [0.2, 0.25) is 0 Å². The van der Waals surface area contributed by atoms with Crippen molar-refractivity contribution < 1.29 is 19.4 Å². The Kier molecular flexibility index (Phi) is 13.2. The standard InChI is InChI=1S/C17H32O4/c1-3-21-17(20)14-15(2)12-10-8-6-4-5-7-9-11-13-16(18)19/h15H,3-14H2,1-2H3,(H,18,19). The van der Waals surface area contributed by atoms with E-state index >= 15 is 0 Å². The molecule has 0 aliphatic heterocycles. The number of esters is 1. The highest BCUT2D eigenvalue weighted by Gasteiger charge is 2.09. The molecule has 1 unspecified atom stereocenters. The molecule has 0 aliphatic carbocycles. The summed E-state index contributed by atoms with van der Waals surface area (Å²) in [4.78, 5) is 21.6. The molecule has 0 aromatic rings. The maximum atomic E-state index is 11.3. The van der Waals surface area contributed by atoms with Crippen LogP contribution in [-0.2, 0) is 14.3 Å². The van der Waals surface area contributed by atoms with Gasteiger partial charge in [0.05, 0.1) is 6.61 Å². The topological polar surface area (TPSA) is 63.6 Å². The van der Waals surface area contributed by atoms with Gasteiger partial charge in [0.15, 0.2) is 0 Å². The van der Waals surface area contributed by atoms with Gasteiger partial charge in [0.25, 0.3) is 0 Å². The normalized spacial score (nSPS) is 12.1. The van der Waals surface area contributed by atoms with Crippen LogP contribution >= 0.6 is 0 Å². The first-order valence-electron chi connectivity index (χ1n) is 8.43. The number of ether oxygens (including phenoxy) is 1. The number of carbonyl (C=O) groups is 2. The lowest BCUT2D eigenvalue weighted by atomic mass is 9.99. The highest BCUT2D eigenvalue weighted by atomic mass is 16.5. The van der Waals surface area contributed by atoms with Crippen LogP contribution < -0.4 is 0 Å². The zero-order valence-electron chi connectivity index (χ0n) is 13.7. The first kappa shape index (κ1) is 19.9. The van der Waals surface area contributed by atoms with Crippen LogP contribution in [0.15, 0.2) is 0 Å². The van der Waals surface area contributed by atoms with E-state index in [9.17, 15) is 9.59 Å². The van der Waals surface area contributed by atoms with Crippen molar-refractivity contribution in [2.24, 2.45) is 5.92 Å². The molecule has 0 radical (unpaired) electrons. The molecule has 1 atom stereocenters. The molecule has 0 spiro atoms. The Morgan fingerprint density at radius 3 is 2.00 bits per heavy atom. The second-order valence-corrected chi connectivity index (χ2v) is 5.88. The number of unbranched alkanes of at least 4 members (excludes halogenated alkanes) is 7. The molecule has 0 bridgehead atoms. The fourth-order valence-corrected chi connectivity index (χ4v) is 2.44. The maximum Gasteiger partial charge on any atom is 0.306 e. The van der Waals surface area contributed by atoms with Gasteiger partial charge in [-0.2, -0.15) is 0 Å². The smallest absolute Gasteiger partial charge is 0.306 e. The van der Waals surface area contributed by atoms with Crippen LogP contribution in [0, 0.1) is 5.92 Å². The van der Waals surface area contributed by atoms with Crippen LogP contribution in [0.3, 0.4) is 0 Å². The predicted molar refractivity (Wildman–Crippen MR) is 84.2 cm³/mol. The van der Waals surface area contributed by atoms with E-state index < -0.39 is 5.97 Å². The minimum absolute atomic E-state index is 0.0774. The molecule has 0 aliphatic rings. The molecule has 0 amide bonds. The Balaban J connectivity index is 3.24. The van der Waals surface area contributed by atoms with Gasteiger partial charge < -0.3 is 9.84 Å². The summed E-state index contributed by atoms with van der Waals surface area (Å²) in [6, 6.07) is 0. The van der Waals surface area contributed by atoms with Crippen LogP contribution in [0.1, 0.15) is 84.5 Å². The molecule has 0 aromatic heterocycles. The fraction of sp³-hybridized carbons (Fsp3) is 0.882. The third-order valence-electron chi connectivity index (χ3n) is 3.66. The van der Waals surface area contributed by atoms with Gasteiger partial charge in [0, 0.05) is 12.8 Å². The molecule has 1 N–H and O–H groups in total. The molecule has 0 rings (SSSR count). The summed E-state index contributed by atoms with van der Waals surface area (Å²) in [5.74, 6) is -0.349. The molecule has 0 heterocycles. The zero-order valence-corrected chi connectivity index (χ0v) is 13.7. The first-order chi connectivity index (χ1) is 10.1. The summed E-state index contributed by atoms with van der Waals surface area (Å²) >= 11 is 0. The van der Waals surface area contributed by atoms with Gasteiger partial charge in [-0.3, -0.25) is 9.59 Å². The zero-order chi connectivity index (χ0) is 15.9. The Morgan fingerprint density at radius 2 is 1.48 bits per heavy atom. The van der Waals surface area contributed by atoms with E-state index in [0.29, 0.717) is 25.4 Å². The van der Waals surface area contributed by atoms with Crippen molar-refractivity contribution in [2.45, 2.75) is 84.5 Å². The summed E-state index contributed by atoms with van der Waals surface area (Å²) < 4.78 is 4.94. The third-order valence-corrected chi connectivity index (χ3v) is 3.66. The van der Waals surface area contributed by atoms with Crippen molar-refractivity contribution >= 4 is 11.9 Å². The number of carboxylic acid groups (broad SMARTS) is 1. The van der Waals surface area contributed by atoms with Crippen molar-refractivity contribution in [3.8, 4) is 0 Å². The molecular formula is C17H32O4. The quantitative estimate of drug-likeness (QED) is 0.377. The molecular weight excluding hydrogens is 268 g/mol. The highest BCUT2D eigenvalue weighted by molar-refractivity contribution is 5.69. The number of hydrogen-bond acceptors (Lipinski definition) is 3. The molecule has 4 heteroatoms. The van der Waals surface area contributed by atoms with E-state index in [1.54, 1.807) is 0 Å². The lowest BCUT2D eigenvalue weighted by Gasteiger charge is -2.10. The summed E-state index contributed by atoms with van der Waals surface area (Å²) in [7, 11) is 0. The van der Waals surface area contributed by atoms with Gasteiger partial charge in [0.2, 0.25) is 0 Å². The average Bonchev–Trinajstić information content (AvgIpc) is 2.40. The van der Waals surface area contributed by atoms with Gasteiger partial charge in [-0.15, -0.1) is 0 Å². The molecule has 0 fully saturated rings. The Labute approximate surface area is 129 Å². The highest BCUT2D eigenvalue weighted by Crippen LogP contribution is 2.16. The van der Waals surface area contributed by atoms with Crippen molar-refractivity contribution in [3.05, 3.63) is 0 Å². The van der Waals surface area contributed by atoms with E-state index in [4.69, 9.17) is 9.84 Å². The van der Waals surface area contributed by atoms with E-state index in [1.165, 1.54) is 32.1 Å². The predicted octanol–water partition coefficient (Wildman–Crippen LogP) is 4.56. The average molecular weight is 300 g/mol. The molecule has 0 aromatic carbocycles. The summed E-state index contributed by atoms with van der Waals surface area (Å²) in [5.41, 5.74) is 0. The van der Waals surface area contributed by atoms with Crippen molar-refractivity contribution in [2.75, 3.05) is 6.61 Å². The van der Waals surface area contributed by atoms with E-state index in [1.807, 2.05) is 6.92 Å². The number of aliphatic carboxylic acids is 1. The number of carbonyl (C=O) groups excluding carboxylic acids is 1. The van der Waals surface area contributed by atoms with Gasteiger partial charge in [-0.1, -0.05) is 58.3 Å². The summed E-state index contributed by atoms with van der Waals surface area (Å²) in [6.45, 7) is 4.42. The monoisotopic (exact) mass is 300 g/mol. The fourth-order valence-electron chi connectivity index (χ4n) is 2.44. The number of rotatable bonds is 14. The number of hydrogen-bond donors (Lipinski definition) is 1. The van der Waals surface area contributed by atoms with Gasteiger partial charge in [0.1, 0.15) is 0 Å². The molecule has 0 saturated carbocycles. The molecule has 124 valence electrons. The van der Waals surface area contributed by atoms with Gasteiger partial charge in [-0.05, 0) is 19.3 Å². The Morgan fingerprint density at radius 1 is 0.952 bits per heavy atom. The Bertz CT molecular complexity index is 276. The summed E-state index contributed by atoms with van der Waals surface area (Å²) in [6.07, 6.45) is 11.0. The van der Waals surface area contributed by atoms with Gasteiger partial charge >= 0.3 is 11.9 Å². The van der Waals surface area contributed by atoms with Crippen molar-refractivity contribution in [1.82, 2.24) is 0 Å². The van der Waals surface area contributed by atoms with E-state index in [0.717, 1.165) is 25.7 Å². The van der Waals surface area contributed by atoms with Gasteiger partial charge in [-0.25, -0.2) is 0 Å². The molecule has 4 nitrogen and oxygen atoms in total. The maximum absolute atomic E-state index is 11.3. The van der Waals surface area contributed by atoms with Crippen LogP contribution in [0.25, 0.3) is 0 Å². The summed E-state index contributed by atoms with van der Waals surface area (Å²) in [5, 5.41) is 8.51. The first-order valence-corrected chi connectivity index (χ1v) is 8.43. The second-order valence-electron chi connectivity index (χ2n) is 5.88. The van der Waals surface area contributed by atoms with Crippen LogP contribution in [0.4, 0.5) is 0 Å². The van der Waals surface area contributed by atoms with E-state index in [-0.39, 0.29) is 5.97 Å². The molecule has 0 saturated heterocycles. The minimum atomic E-state index is -0.688. The molecule has 21 heavy (non-hydrogen) atoms. The van der Waals surface area contributed by atoms with Crippen LogP contribution in [0.5, 0.6) is 0 Å². The van der Waals surface area contributed by atoms with Crippen molar-refractivity contribution in [3.63, 3.8) is 0 Å². The lowest BCUT2D eigenvalue weighted by Crippen LogP contribution is -2.09. The minimum Gasteiger partial charge on any atom is -0.481 e. The largest absolute Gasteiger partial charge is 0.481 e. The lowest BCUT2D eigenvalue weighted by molar-refractivity contribution is -0.144. The van der Waals surface area contributed by atoms with E-state index in [2.05, 4.69) is 6.92 Å². The second kappa shape index (κ2) is 13.9. The Hall–Kier alpha value is -1.06.